The van der Waals surface area contributed by atoms with E-state index in [0.29, 0.717) is 25.0 Å². The minimum Gasteiger partial charge on any atom is -0.381 e. The summed E-state index contributed by atoms with van der Waals surface area (Å²) in [5.41, 5.74) is 3.57. The Balaban J connectivity index is 1.46. The van der Waals surface area contributed by atoms with Crippen molar-refractivity contribution in [1.29, 1.82) is 0 Å². The predicted octanol–water partition coefficient (Wildman–Crippen LogP) is 2.57. The van der Waals surface area contributed by atoms with Crippen molar-refractivity contribution >= 4 is 5.91 Å². The van der Waals surface area contributed by atoms with E-state index in [9.17, 15) is 4.79 Å². The molecule has 2 fully saturated rings. The highest BCUT2D eigenvalue weighted by Gasteiger charge is 2.32. The van der Waals surface area contributed by atoms with E-state index < -0.39 is 0 Å². The number of amides is 1. The second-order valence-electron chi connectivity index (χ2n) is 7.58. The Kier molecular flexibility index (Phi) is 5.20. The minimum absolute atomic E-state index is 0.131. The van der Waals surface area contributed by atoms with Crippen LogP contribution in [0.15, 0.2) is 16.9 Å². The van der Waals surface area contributed by atoms with Crippen LogP contribution >= 0.6 is 0 Å². The third-order valence-corrected chi connectivity index (χ3v) is 5.69. The van der Waals surface area contributed by atoms with Crippen molar-refractivity contribution in [1.82, 2.24) is 20.0 Å². The maximum absolute atomic E-state index is 12.8. The summed E-state index contributed by atoms with van der Waals surface area (Å²) >= 11 is 0. The molecule has 1 amide bonds. The molecule has 4 heterocycles. The largest absolute Gasteiger partial charge is 0.381 e. The number of rotatable bonds is 4. The fraction of sp³-hybridized carbons (Fsp3) is 0.600. The molecule has 0 radical (unpaired) electrons. The highest BCUT2D eigenvalue weighted by atomic mass is 16.5. The van der Waals surface area contributed by atoms with Gasteiger partial charge in [-0.1, -0.05) is 5.16 Å². The number of ether oxygens (including phenoxy) is 1. The van der Waals surface area contributed by atoms with E-state index in [0.717, 1.165) is 67.2 Å². The van der Waals surface area contributed by atoms with Gasteiger partial charge in [0.15, 0.2) is 0 Å². The number of likely N-dealkylation sites (tertiary alicyclic amines) is 1. The molecule has 2 aromatic rings. The summed E-state index contributed by atoms with van der Waals surface area (Å²) in [5, 5.41) is 4.05. The molecule has 0 aliphatic carbocycles. The number of carbonyl (C=O) groups is 1. The van der Waals surface area contributed by atoms with Crippen LogP contribution in [-0.4, -0.2) is 52.2 Å². The number of hydrogen-bond donors (Lipinski definition) is 0. The van der Waals surface area contributed by atoms with Crippen LogP contribution in [0.25, 0.3) is 11.3 Å². The Labute approximate surface area is 159 Å². The second-order valence-corrected chi connectivity index (χ2v) is 7.58. The summed E-state index contributed by atoms with van der Waals surface area (Å²) in [6, 6.07) is 0. The Bertz CT molecular complexity index is 794. The molecule has 0 spiro atoms. The SMILES string of the molecule is Cc1noc(C)c1-c1nccnc1CC1CCN(C(=O)C2CCOCC2)C1. The summed E-state index contributed by atoms with van der Waals surface area (Å²) in [5.74, 6) is 1.60. The van der Waals surface area contributed by atoms with Gasteiger partial charge in [-0.3, -0.25) is 14.8 Å². The third-order valence-electron chi connectivity index (χ3n) is 5.69. The summed E-state index contributed by atoms with van der Waals surface area (Å²) in [4.78, 5) is 23.9. The molecule has 7 nitrogen and oxygen atoms in total. The van der Waals surface area contributed by atoms with Crippen LogP contribution < -0.4 is 0 Å². The number of carbonyl (C=O) groups excluding carboxylic acids is 1. The fourth-order valence-electron chi connectivity index (χ4n) is 4.22. The quantitative estimate of drug-likeness (QED) is 0.823. The van der Waals surface area contributed by atoms with Gasteiger partial charge in [0.1, 0.15) is 5.76 Å². The van der Waals surface area contributed by atoms with Crippen molar-refractivity contribution in [2.75, 3.05) is 26.3 Å². The fourth-order valence-corrected chi connectivity index (χ4v) is 4.22. The molecular formula is C20H26N4O3. The van der Waals surface area contributed by atoms with Crippen molar-refractivity contribution in [3.8, 4) is 11.3 Å². The standard InChI is InChI=1S/C20H26N4O3/c1-13-18(14(2)27-23-13)19-17(21-6-7-22-19)11-15-3-8-24(12-15)20(25)16-4-9-26-10-5-16/h6-7,15-16H,3-5,8-12H2,1-2H3. The molecule has 2 aliphatic rings. The zero-order valence-electron chi connectivity index (χ0n) is 16.0. The Hall–Kier alpha value is -2.28. The lowest BCUT2D eigenvalue weighted by Gasteiger charge is -2.26. The Morgan fingerprint density at radius 1 is 1.19 bits per heavy atom. The summed E-state index contributed by atoms with van der Waals surface area (Å²) in [6.45, 7) is 6.86. The Morgan fingerprint density at radius 3 is 2.70 bits per heavy atom. The van der Waals surface area contributed by atoms with Gasteiger partial charge in [0.25, 0.3) is 0 Å². The molecule has 0 bridgehead atoms. The van der Waals surface area contributed by atoms with Crippen LogP contribution in [0.1, 0.15) is 36.4 Å². The van der Waals surface area contributed by atoms with E-state index in [1.807, 2.05) is 18.7 Å². The first-order chi connectivity index (χ1) is 13.1. The first-order valence-corrected chi connectivity index (χ1v) is 9.73. The van der Waals surface area contributed by atoms with Gasteiger partial charge in [0, 0.05) is 44.6 Å². The van der Waals surface area contributed by atoms with Crippen LogP contribution in [0.5, 0.6) is 0 Å². The topological polar surface area (TPSA) is 81.4 Å². The predicted molar refractivity (Wildman–Crippen MR) is 98.9 cm³/mol. The first kappa shape index (κ1) is 18.1. The van der Waals surface area contributed by atoms with E-state index in [4.69, 9.17) is 9.26 Å². The average molecular weight is 370 g/mol. The first-order valence-electron chi connectivity index (χ1n) is 9.73. The van der Waals surface area contributed by atoms with Crippen LogP contribution in [-0.2, 0) is 16.0 Å². The molecule has 27 heavy (non-hydrogen) atoms. The number of aryl methyl sites for hydroxylation is 2. The summed E-state index contributed by atoms with van der Waals surface area (Å²) in [7, 11) is 0. The van der Waals surface area contributed by atoms with E-state index in [1.165, 1.54) is 0 Å². The average Bonchev–Trinajstić information content (AvgIpc) is 3.29. The lowest BCUT2D eigenvalue weighted by Crippen LogP contribution is -2.37. The molecule has 1 atom stereocenters. The zero-order valence-corrected chi connectivity index (χ0v) is 16.0. The zero-order chi connectivity index (χ0) is 18.8. The van der Waals surface area contributed by atoms with E-state index in [2.05, 4.69) is 15.1 Å². The van der Waals surface area contributed by atoms with Crippen LogP contribution in [0.2, 0.25) is 0 Å². The van der Waals surface area contributed by atoms with Gasteiger partial charge in [-0.15, -0.1) is 0 Å². The summed E-state index contributed by atoms with van der Waals surface area (Å²) < 4.78 is 10.7. The van der Waals surface area contributed by atoms with E-state index in [-0.39, 0.29) is 5.92 Å². The molecule has 1 unspecified atom stereocenters. The minimum atomic E-state index is 0.131. The van der Waals surface area contributed by atoms with E-state index in [1.54, 1.807) is 12.4 Å². The molecule has 0 saturated carbocycles. The smallest absolute Gasteiger partial charge is 0.225 e. The lowest BCUT2D eigenvalue weighted by atomic mass is 9.97. The molecule has 2 aliphatic heterocycles. The van der Waals surface area contributed by atoms with Crippen molar-refractivity contribution in [2.45, 2.75) is 39.5 Å². The normalized spacial score (nSPS) is 21.0. The lowest BCUT2D eigenvalue weighted by molar-refractivity contribution is -0.137. The van der Waals surface area contributed by atoms with Crippen molar-refractivity contribution in [3.05, 3.63) is 29.5 Å². The van der Waals surface area contributed by atoms with Crippen LogP contribution in [0.4, 0.5) is 0 Å². The number of nitrogens with zero attached hydrogens (tertiary/aromatic N) is 4. The molecule has 4 rings (SSSR count). The molecule has 2 aromatic heterocycles. The highest BCUT2D eigenvalue weighted by molar-refractivity contribution is 5.79. The summed E-state index contributed by atoms with van der Waals surface area (Å²) in [6.07, 6.45) is 6.95. The molecule has 7 heteroatoms. The molecule has 0 N–H and O–H groups in total. The molecule has 144 valence electrons. The maximum Gasteiger partial charge on any atom is 0.225 e. The van der Waals surface area contributed by atoms with Crippen molar-refractivity contribution in [2.24, 2.45) is 11.8 Å². The van der Waals surface area contributed by atoms with E-state index >= 15 is 0 Å². The monoisotopic (exact) mass is 370 g/mol. The molecule has 2 saturated heterocycles. The van der Waals surface area contributed by atoms with Gasteiger partial charge >= 0.3 is 0 Å². The Morgan fingerprint density at radius 2 is 1.96 bits per heavy atom. The van der Waals surface area contributed by atoms with Crippen LogP contribution in [0.3, 0.4) is 0 Å². The van der Waals surface area contributed by atoms with Crippen molar-refractivity contribution < 1.29 is 14.1 Å². The van der Waals surface area contributed by atoms with Gasteiger partial charge in [0.2, 0.25) is 5.91 Å². The number of aromatic nitrogens is 3. The molecular weight excluding hydrogens is 344 g/mol. The molecule has 0 aromatic carbocycles. The third kappa shape index (κ3) is 3.74. The van der Waals surface area contributed by atoms with Gasteiger partial charge in [-0.05, 0) is 45.4 Å². The van der Waals surface area contributed by atoms with Crippen molar-refractivity contribution in [3.63, 3.8) is 0 Å². The van der Waals surface area contributed by atoms with Gasteiger partial charge in [-0.2, -0.15) is 0 Å². The van der Waals surface area contributed by atoms with Gasteiger partial charge in [0.05, 0.1) is 22.6 Å². The highest BCUT2D eigenvalue weighted by Crippen LogP contribution is 2.30. The van der Waals surface area contributed by atoms with Gasteiger partial charge < -0.3 is 14.2 Å². The van der Waals surface area contributed by atoms with Crippen LogP contribution in [0, 0.1) is 25.7 Å². The maximum atomic E-state index is 12.8. The van der Waals surface area contributed by atoms with Gasteiger partial charge in [-0.25, -0.2) is 0 Å². The second kappa shape index (κ2) is 7.76. The number of hydrogen-bond acceptors (Lipinski definition) is 6.